The first-order valence-corrected chi connectivity index (χ1v) is 6.82. The molecular formula is C13H18BrNO3. The third kappa shape index (κ3) is 5.06. The van der Waals surface area contributed by atoms with E-state index >= 15 is 0 Å². The predicted molar refractivity (Wildman–Crippen MR) is 73.7 cm³/mol. The van der Waals surface area contributed by atoms with Crippen molar-refractivity contribution in [3.8, 4) is 5.75 Å². The van der Waals surface area contributed by atoms with Gasteiger partial charge in [-0.2, -0.15) is 0 Å². The topological polar surface area (TPSA) is 69.6 Å². The number of carbonyl (C=O) groups excluding carboxylic acids is 1. The van der Waals surface area contributed by atoms with Gasteiger partial charge in [-0.3, -0.25) is 4.79 Å². The highest BCUT2D eigenvalue weighted by molar-refractivity contribution is 9.10. The zero-order chi connectivity index (χ0) is 13.4. The number of phenols is 1. The van der Waals surface area contributed by atoms with Crippen molar-refractivity contribution in [2.75, 3.05) is 13.2 Å². The molecule has 0 aliphatic rings. The Balaban J connectivity index is 2.30. The summed E-state index contributed by atoms with van der Waals surface area (Å²) in [5.41, 5.74) is 0.450. The van der Waals surface area contributed by atoms with Crippen molar-refractivity contribution in [3.63, 3.8) is 0 Å². The Morgan fingerprint density at radius 2 is 1.94 bits per heavy atom. The van der Waals surface area contributed by atoms with E-state index in [2.05, 4.69) is 21.2 Å². The molecule has 0 aliphatic carbocycles. The Labute approximate surface area is 115 Å². The highest BCUT2D eigenvalue weighted by Gasteiger charge is 2.07. The van der Waals surface area contributed by atoms with E-state index in [-0.39, 0.29) is 18.3 Å². The number of phenolic OH excluding ortho intramolecular Hbond substituents is 1. The maximum Gasteiger partial charge on any atom is 0.251 e. The van der Waals surface area contributed by atoms with Gasteiger partial charge < -0.3 is 15.5 Å². The highest BCUT2D eigenvalue weighted by Crippen LogP contribution is 2.24. The van der Waals surface area contributed by atoms with Gasteiger partial charge in [-0.25, -0.2) is 0 Å². The Kier molecular flexibility index (Phi) is 6.75. The number of amides is 1. The summed E-state index contributed by atoms with van der Waals surface area (Å²) in [7, 11) is 0. The molecule has 0 unspecified atom stereocenters. The summed E-state index contributed by atoms with van der Waals surface area (Å²) < 4.78 is 0.572. The van der Waals surface area contributed by atoms with Crippen LogP contribution in [0.1, 0.15) is 36.0 Å². The molecule has 0 aromatic heterocycles. The third-order valence-electron chi connectivity index (χ3n) is 2.58. The normalized spacial score (nSPS) is 10.3. The minimum atomic E-state index is -0.181. The minimum absolute atomic E-state index is 0.0607. The molecule has 1 rings (SSSR count). The zero-order valence-corrected chi connectivity index (χ0v) is 11.7. The van der Waals surface area contributed by atoms with Gasteiger partial charge in [0, 0.05) is 18.7 Å². The lowest BCUT2D eigenvalue weighted by Crippen LogP contribution is -2.24. The fourth-order valence-electron chi connectivity index (χ4n) is 1.55. The summed E-state index contributed by atoms with van der Waals surface area (Å²) in [6.07, 6.45) is 3.68. The van der Waals surface area contributed by atoms with Crippen LogP contribution in [0.4, 0.5) is 0 Å². The third-order valence-corrected chi connectivity index (χ3v) is 3.25. The van der Waals surface area contributed by atoms with Gasteiger partial charge in [0.2, 0.25) is 0 Å². The van der Waals surface area contributed by atoms with Crippen molar-refractivity contribution in [2.24, 2.45) is 0 Å². The number of unbranched alkanes of at least 4 members (excludes halogenated alkanes) is 3. The van der Waals surface area contributed by atoms with Crippen molar-refractivity contribution < 1.29 is 15.0 Å². The van der Waals surface area contributed by atoms with Crippen LogP contribution >= 0.6 is 15.9 Å². The molecule has 0 saturated carbocycles. The van der Waals surface area contributed by atoms with E-state index in [4.69, 9.17) is 5.11 Å². The fourth-order valence-corrected chi connectivity index (χ4v) is 1.79. The van der Waals surface area contributed by atoms with Crippen LogP contribution in [0.15, 0.2) is 22.7 Å². The molecule has 0 aliphatic heterocycles. The van der Waals surface area contributed by atoms with Gasteiger partial charge >= 0.3 is 0 Å². The molecule has 0 bridgehead atoms. The average molecular weight is 316 g/mol. The number of hydrogen-bond acceptors (Lipinski definition) is 3. The molecule has 4 nitrogen and oxygen atoms in total. The number of aliphatic hydroxyl groups excluding tert-OH is 1. The van der Waals surface area contributed by atoms with Crippen molar-refractivity contribution in [1.82, 2.24) is 5.32 Å². The van der Waals surface area contributed by atoms with Crippen molar-refractivity contribution in [3.05, 3.63) is 28.2 Å². The van der Waals surface area contributed by atoms with Gasteiger partial charge in [0.25, 0.3) is 5.91 Å². The van der Waals surface area contributed by atoms with E-state index in [0.717, 1.165) is 25.7 Å². The van der Waals surface area contributed by atoms with Gasteiger partial charge in [0.15, 0.2) is 0 Å². The summed E-state index contributed by atoms with van der Waals surface area (Å²) >= 11 is 3.16. The quantitative estimate of drug-likeness (QED) is 0.677. The molecule has 0 heterocycles. The first kappa shape index (κ1) is 15.0. The second kappa shape index (κ2) is 8.11. The lowest BCUT2D eigenvalue weighted by atomic mass is 10.2. The lowest BCUT2D eigenvalue weighted by Gasteiger charge is -2.06. The first-order chi connectivity index (χ1) is 8.65. The van der Waals surface area contributed by atoms with Gasteiger partial charge in [-0.15, -0.1) is 0 Å². The summed E-state index contributed by atoms with van der Waals surface area (Å²) in [4.78, 5) is 11.7. The molecule has 0 atom stereocenters. The Morgan fingerprint density at radius 1 is 1.22 bits per heavy atom. The van der Waals surface area contributed by atoms with E-state index in [9.17, 15) is 9.90 Å². The van der Waals surface area contributed by atoms with Crippen molar-refractivity contribution in [2.45, 2.75) is 25.7 Å². The number of nitrogens with one attached hydrogen (secondary N) is 1. The van der Waals surface area contributed by atoms with E-state index < -0.39 is 0 Å². The number of carbonyl (C=O) groups is 1. The van der Waals surface area contributed by atoms with Crippen molar-refractivity contribution >= 4 is 21.8 Å². The average Bonchev–Trinajstić information content (AvgIpc) is 2.36. The molecule has 1 aromatic carbocycles. The summed E-state index contributed by atoms with van der Waals surface area (Å²) in [6.45, 7) is 0.839. The molecule has 0 saturated heterocycles. The van der Waals surface area contributed by atoms with Crippen LogP contribution in [-0.4, -0.2) is 29.3 Å². The lowest BCUT2D eigenvalue weighted by molar-refractivity contribution is 0.0952. The first-order valence-electron chi connectivity index (χ1n) is 6.02. The number of benzene rings is 1. The van der Waals surface area contributed by atoms with Gasteiger partial charge in [0.05, 0.1) is 4.47 Å². The highest BCUT2D eigenvalue weighted by atomic mass is 79.9. The molecule has 5 heteroatoms. The summed E-state index contributed by atoms with van der Waals surface area (Å²) in [6, 6.07) is 4.74. The van der Waals surface area contributed by atoms with E-state index in [1.54, 1.807) is 12.1 Å². The Morgan fingerprint density at radius 3 is 2.61 bits per heavy atom. The number of hydrogen-bond donors (Lipinski definition) is 3. The SMILES string of the molecule is O=C(NCCCCCCO)c1ccc(Br)c(O)c1. The van der Waals surface area contributed by atoms with Crippen LogP contribution < -0.4 is 5.32 Å². The number of aromatic hydroxyl groups is 1. The van der Waals surface area contributed by atoms with E-state index in [1.807, 2.05) is 0 Å². The molecule has 100 valence electrons. The smallest absolute Gasteiger partial charge is 0.251 e. The Hall–Kier alpha value is -1.07. The van der Waals surface area contributed by atoms with Crippen LogP contribution in [0.5, 0.6) is 5.75 Å². The maximum absolute atomic E-state index is 11.7. The van der Waals surface area contributed by atoms with E-state index in [0.29, 0.717) is 16.6 Å². The second-order valence-electron chi connectivity index (χ2n) is 4.06. The number of rotatable bonds is 7. The molecular weight excluding hydrogens is 298 g/mol. The molecule has 3 N–H and O–H groups in total. The predicted octanol–water partition coefficient (Wildman–Crippen LogP) is 2.44. The van der Waals surface area contributed by atoms with Gasteiger partial charge in [-0.1, -0.05) is 12.8 Å². The number of aliphatic hydroxyl groups is 1. The minimum Gasteiger partial charge on any atom is -0.507 e. The second-order valence-corrected chi connectivity index (χ2v) is 4.91. The molecule has 1 amide bonds. The zero-order valence-electron chi connectivity index (χ0n) is 10.2. The van der Waals surface area contributed by atoms with Gasteiger partial charge in [-0.05, 0) is 47.0 Å². The monoisotopic (exact) mass is 315 g/mol. The van der Waals surface area contributed by atoms with E-state index in [1.165, 1.54) is 6.07 Å². The summed E-state index contributed by atoms with van der Waals surface area (Å²) in [5, 5.41) is 20.9. The standard InChI is InChI=1S/C13H18BrNO3/c14-11-6-5-10(9-12(11)17)13(18)15-7-3-1-2-4-8-16/h5-6,9,16-17H,1-4,7-8H2,(H,15,18). The fraction of sp³-hybridized carbons (Fsp3) is 0.462. The van der Waals surface area contributed by atoms with Crippen LogP contribution in [0, 0.1) is 0 Å². The van der Waals surface area contributed by atoms with Crippen LogP contribution in [0.3, 0.4) is 0 Å². The van der Waals surface area contributed by atoms with Crippen LogP contribution in [0.25, 0.3) is 0 Å². The molecule has 1 aromatic rings. The van der Waals surface area contributed by atoms with Crippen molar-refractivity contribution in [1.29, 1.82) is 0 Å². The van der Waals surface area contributed by atoms with Crippen LogP contribution in [0.2, 0.25) is 0 Å². The molecule has 18 heavy (non-hydrogen) atoms. The molecule has 0 radical (unpaired) electrons. The molecule has 0 spiro atoms. The number of halogens is 1. The van der Waals surface area contributed by atoms with Gasteiger partial charge in [0.1, 0.15) is 5.75 Å². The molecule has 0 fully saturated rings. The largest absolute Gasteiger partial charge is 0.507 e. The summed E-state index contributed by atoms with van der Waals surface area (Å²) in [5.74, 6) is -0.120. The van der Waals surface area contributed by atoms with Crippen LogP contribution in [-0.2, 0) is 0 Å². The maximum atomic E-state index is 11.7. The Bertz CT molecular complexity index is 396.